The standard InChI is InChI=1S/C6H6N2S2/c1-3-2-4-5(9-3)6(7)8-10-4/h2H,1H3,(H2,7,8). The summed E-state index contributed by atoms with van der Waals surface area (Å²) in [6.45, 7) is 2.08. The predicted octanol–water partition coefficient (Wildman–Crippen LogP) is 2.25. The van der Waals surface area contributed by atoms with Crippen molar-refractivity contribution in [3.05, 3.63) is 10.9 Å². The van der Waals surface area contributed by atoms with Gasteiger partial charge in [-0.05, 0) is 24.5 Å². The molecular weight excluding hydrogens is 164 g/mol. The van der Waals surface area contributed by atoms with Gasteiger partial charge in [0, 0.05) is 4.88 Å². The molecule has 0 saturated heterocycles. The van der Waals surface area contributed by atoms with E-state index >= 15 is 0 Å². The molecule has 0 aliphatic heterocycles. The number of nitrogen functional groups attached to an aromatic ring is 1. The highest BCUT2D eigenvalue weighted by Crippen LogP contribution is 2.32. The summed E-state index contributed by atoms with van der Waals surface area (Å²) >= 11 is 3.18. The van der Waals surface area contributed by atoms with E-state index in [2.05, 4.69) is 17.4 Å². The molecule has 2 aromatic heterocycles. The van der Waals surface area contributed by atoms with Crippen molar-refractivity contribution in [1.29, 1.82) is 0 Å². The predicted molar refractivity (Wildman–Crippen MR) is 46.6 cm³/mol. The Labute approximate surface area is 66.5 Å². The van der Waals surface area contributed by atoms with E-state index in [4.69, 9.17) is 5.73 Å². The maximum atomic E-state index is 5.60. The van der Waals surface area contributed by atoms with Crippen molar-refractivity contribution in [2.45, 2.75) is 6.92 Å². The number of hydrogen-bond acceptors (Lipinski definition) is 4. The fourth-order valence-electron chi connectivity index (χ4n) is 0.877. The highest BCUT2D eigenvalue weighted by Gasteiger charge is 2.04. The second kappa shape index (κ2) is 1.93. The van der Waals surface area contributed by atoms with Gasteiger partial charge >= 0.3 is 0 Å². The number of rotatable bonds is 0. The van der Waals surface area contributed by atoms with Gasteiger partial charge in [0.05, 0.1) is 9.40 Å². The average molecular weight is 170 g/mol. The summed E-state index contributed by atoms with van der Waals surface area (Å²) in [6, 6.07) is 2.12. The number of nitrogens with zero attached hydrogens (tertiary/aromatic N) is 1. The molecule has 2 N–H and O–H groups in total. The summed E-state index contributed by atoms with van der Waals surface area (Å²) in [5, 5.41) is 0. The van der Waals surface area contributed by atoms with Gasteiger partial charge in [-0.3, -0.25) is 0 Å². The molecule has 0 unspecified atom stereocenters. The third-order valence-electron chi connectivity index (χ3n) is 1.30. The number of aromatic nitrogens is 1. The Bertz CT molecular complexity index is 361. The van der Waals surface area contributed by atoms with Gasteiger partial charge in [-0.1, -0.05) is 0 Å². The summed E-state index contributed by atoms with van der Waals surface area (Å²) in [5.74, 6) is 0.679. The van der Waals surface area contributed by atoms with E-state index in [1.54, 1.807) is 11.3 Å². The monoisotopic (exact) mass is 170 g/mol. The molecule has 2 rings (SSSR count). The van der Waals surface area contributed by atoms with Crippen LogP contribution in [0.3, 0.4) is 0 Å². The van der Waals surface area contributed by atoms with Crippen LogP contribution in [-0.4, -0.2) is 4.37 Å². The SMILES string of the molecule is Cc1cc2snc(N)c2s1. The third kappa shape index (κ3) is 0.726. The molecule has 0 radical (unpaired) electrons. The smallest absolute Gasteiger partial charge is 0.155 e. The van der Waals surface area contributed by atoms with Gasteiger partial charge in [0.15, 0.2) is 5.82 Å². The molecule has 0 aromatic carbocycles. The molecule has 10 heavy (non-hydrogen) atoms. The molecule has 0 aliphatic rings. The van der Waals surface area contributed by atoms with Crippen molar-refractivity contribution in [3.63, 3.8) is 0 Å². The molecule has 0 aliphatic carbocycles. The fraction of sp³-hybridized carbons (Fsp3) is 0.167. The molecule has 52 valence electrons. The Hall–Kier alpha value is -0.610. The summed E-state index contributed by atoms with van der Waals surface area (Å²) in [7, 11) is 0. The lowest BCUT2D eigenvalue weighted by atomic mass is 10.5. The van der Waals surface area contributed by atoms with Crippen molar-refractivity contribution in [1.82, 2.24) is 4.37 Å². The molecule has 0 saturated carbocycles. The first-order valence-corrected chi connectivity index (χ1v) is 4.47. The Morgan fingerprint density at radius 2 is 2.40 bits per heavy atom. The van der Waals surface area contributed by atoms with Crippen molar-refractivity contribution >= 4 is 38.1 Å². The number of anilines is 1. The summed E-state index contributed by atoms with van der Waals surface area (Å²) < 4.78 is 6.38. The third-order valence-corrected chi connectivity index (χ3v) is 3.31. The summed E-state index contributed by atoms with van der Waals surface area (Å²) in [4.78, 5) is 1.30. The van der Waals surface area contributed by atoms with Gasteiger partial charge in [0.1, 0.15) is 0 Å². The normalized spacial score (nSPS) is 10.9. The van der Waals surface area contributed by atoms with Crippen LogP contribution >= 0.6 is 22.9 Å². The van der Waals surface area contributed by atoms with Gasteiger partial charge in [0.2, 0.25) is 0 Å². The molecule has 2 heterocycles. The molecular formula is C6H6N2S2. The van der Waals surface area contributed by atoms with Crippen LogP contribution in [0, 0.1) is 6.92 Å². The number of fused-ring (bicyclic) bond motifs is 1. The molecule has 2 aromatic rings. The largest absolute Gasteiger partial charge is 0.382 e. The van der Waals surface area contributed by atoms with Crippen molar-refractivity contribution in [2.24, 2.45) is 0 Å². The van der Waals surface area contributed by atoms with E-state index in [-0.39, 0.29) is 0 Å². The van der Waals surface area contributed by atoms with Crippen LogP contribution in [0.4, 0.5) is 5.82 Å². The molecule has 0 fully saturated rings. The van der Waals surface area contributed by atoms with Crippen molar-refractivity contribution in [2.75, 3.05) is 5.73 Å². The minimum absolute atomic E-state index is 0.679. The van der Waals surface area contributed by atoms with Crippen molar-refractivity contribution in [3.8, 4) is 0 Å². The number of aryl methyl sites for hydroxylation is 1. The molecule has 4 heteroatoms. The highest BCUT2D eigenvalue weighted by molar-refractivity contribution is 7.26. The van der Waals surface area contributed by atoms with Crippen LogP contribution in [-0.2, 0) is 0 Å². The quantitative estimate of drug-likeness (QED) is 0.658. The summed E-state index contributed by atoms with van der Waals surface area (Å²) in [5.41, 5.74) is 5.60. The maximum Gasteiger partial charge on any atom is 0.155 e. The van der Waals surface area contributed by atoms with Crippen LogP contribution in [0.2, 0.25) is 0 Å². The van der Waals surface area contributed by atoms with Crippen LogP contribution in [0.5, 0.6) is 0 Å². The lowest BCUT2D eigenvalue weighted by Gasteiger charge is -1.77. The summed E-state index contributed by atoms with van der Waals surface area (Å²) in [6.07, 6.45) is 0. The zero-order valence-corrected chi connectivity index (χ0v) is 7.05. The highest BCUT2D eigenvalue weighted by atomic mass is 32.1. The van der Waals surface area contributed by atoms with E-state index in [9.17, 15) is 0 Å². The van der Waals surface area contributed by atoms with Crippen LogP contribution < -0.4 is 5.73 Å². The van der Waals surface area contributed by atoms with Gasteiger partial charge in [-0.25, -0.2) is 0 Å². The Balaban J connectivity index is 2.90. The van der Waals surface area contributed by atoms with Gasteiger partial charge in [-0.15, -0.1) is 11.3 Å². The second-order valence-corrected chi connectivity index (χ2v) is 4.18. The van der Waals surface area contributed by atoms with E-state index in [0.29, 0.717) is 5.82 Å². The van der Waals surface area contributed by atoms with Crippen molar-refractivity contribution < 1.29 is 0 Å². The molecule has 0 amide bonds. The van der Waals surface area contributed by atoms with Crippen LogP contribution in [0.1, 0.15) is 4.88 Å². The van der Waals surface area contributed by atoms with Gasteiger partial charge in [-0.2, -0.15) is 4.37 Å². The zero-order valence-electron chi connectivity index (χ0n) is 5.42. The zero-order chi connectivity index (χ0) is 7.14. The fourth-order valence-corrected chi connectivity index (χ4v) is 2.76. The Morgan fingerprint density at radius 1 is 1.60 bits per heavy atom. The maximum absolute atomic E-state index is 5.60. The lowest BCUT2D eigenvalue weighted by Crippen LogP contribution is -1.80. The minimum Gasteiger partial charge on any atom is -0.382 e. The molecule has 2 nitrogen and oxygen atoms in total. The minimum atomic E-state index is 0.679. The van der Waals surface area contributed by atoms with Gasteiger partial charge < -0.3 is 5.73 Å². The number of thiophene rings is 1. The number of nitrogens with two attached hydrogens (primary N) is 1. The van der Waals surface area contributed by atoms with E-state index in [1.807, 2.05) is 0 Å². The Kier molecular flexibility index (Phi) is 1.18. The first kappa shape index (κ1) is 6.12. The van der Waals surface area contributed by atoms with E-state index < -0.39 is 0 Å². The van der Waals surface area contributed by atoms with E-state index in [1.165, 1.54) is 21.1 Å². The first-order valence-electron chi connectivity index (χ1n) is 2.88. The second-order valence-electron chi connectivity index (χ2n) is 2.12. The topological polar surface area (TPSA) is 38.9 Å². The molecule has 0 bridgehead atoms. The number of hydrogen-bond donors (Lipinski definition) is 1. The van der Waals surface area contributed by atoms with E-state index in [0.717, 1.165) is 4.70 Å². The van der Waals surface area contributed by atoms with Crippen LogP contribution in [0.15, 0.2) is 6.07 Å². The Morgan fingerprint density at radius 3 is 3.10 bits per heavy atom. The first-order chi connectivity index (χ1) is 4.77. The average Bonchev–Trinajstić information content (AvgIpc) is 2.35. The molecule has 0 spiro atoms. The lowest BCUT2D eigenvalue weighted by molar-refractivity contribution is 1.60. The molecule has 0 atom stereocenters. The van der Waals surface area contributed by atoms with Gasteiger partial charge in [0.25, 0.3) is 0 Å². The van der Waals surface area contributed by atoms with Crippen LogP contribution in [0.25, 0.3) is 9.40 Å².